The molecule has 0 unspecified atom stereocenters. The smallest absolute Gasteiger partial charge is 0.331 e. The Hall–Kier alpha value is -2.10. The highest BCUT2D eigenvalue weighted by Crippen LogP contribution is 2.10. The fraction of sp³-hybridized carbons (Fsp3) is 0.375. The van der Waals surface area contributed by atoms with Crippen LogP contribution in [0.15, 0.2) is 41.5 Å². The number of nitrogens with one attached hydrogen (secondary N) is 1. The Morgan fingerprint density at radius 2 is 1.35 bits per heavy atom. The average molecular weight is 279 g/mol. The molecule has 0 radical (unpaired) electrons. The number of para-hydroxylation sites is 1. The van der Waals surface area contributed by atoms with E-state index in [9.17, 15) is 9.59 Å². The maximum Gasteiger partial charge on any atom is 0.331 e. The van der Waals surface area contributed by atoms with Crippen LogP contribution in [0.3, 0.4) is 0 Å². The molecular weight excluding hydrogens is 254 g/mol. The lowest BCUT2D eigenvalue weighted by molar-refractivity contribution is -0.133. The normalized spacial score (nSPS) is 9.90. The number of anilines is 1. The zero-order valence-electron chi connectivity index (χ0n) is 13.2. The van der Waals surface area contributed by atoms with Crippen molar-refractivity contribution >= 4 is 17.6 Å². The maximum absolute atomic E-state index is 11.6. The van der Waals surface area contributed by atoms with E-state index in [4.69, 9.17) is 5.11 Å². The number of carbonyl (C=O) groups is 2. The minimum absolute atomic E-state index is 0.0495. The van der Waals surface area contributed by atoms with Crippen molar-refractivity contribution in [1.29, 1.82) is 0 Å². The first-order valence-electron chi connectivity index (χ1n) is 6.79. The largest absolute Gasteiger partial charge is 0.478 e. The van der Waals surface area contributed by atoms with Gasteiger partial charge in [0.2, 0.25) is 0 Å². The molecule has 0 spiro atoms. The van der Waals surface area contributed by atoms with Gasteiger partial charge in [-0.3, -0.25) is 4.79 Å². The van der Waals surface area contributed by atoms with Crippen LogP contribution in [-0.4, -0.2) is 17.0 Å². The van der Waals surface area contributed by atoms with Gasteiger partial charge in [-0.05, 0) is 26.0 Å². The Kier molecular flexibility index (Phi) is 12.1. The molecule has 0 saturated heterocycles. The Bertz CT molecular complexity index is 436. The number of benzene rings is 1. The number of hydrogen-bond donors (Lipinski definition) is 2. The SMILES string of the molecule is C/C(C(=O)O)=C(\C)C(=O)Nc1ccccc1.CC.CC. The Morgan fingerprint density at radius 3 is 1.75 bits per heavy atom. The van der Waals surface area contributed by atoms with Crippen molar-refractivity contribution in [3.05, 3.63) is 41.5 Å². The molecule has 0 aliphatic carbocycles. The van der Waals surface area contributed by atoms with Gasteiger partial charge in [-0.25, -0.2) is 4.79 Å². The molecule has 0 fully saturated rings. The third kappa shape index (κ3) is 7.36. The number of aliphatic carboxylic acids is 1. The van der Waals surface area contributed by atoms with E-state index in [2.05, 4.69) is 5.32 Å². The predicted octanol–water partition coefficient (Wildman–Crippen LogP) is 4.10. The van der Waals surface area contributed by atoms with Gasteiger partial charge in [0.05, 0.1) is 0 Å². The van der Waals surface area contributed by atoms with Crippen LogP contribution in [0, 0.1) is 0 Å². The summed E-state index contributed by atoms with van der Waals surface area (Å²) in [6.07, 6.45) is 0. The van der Waals surface area contributed by atoms with E-state index >= 15 is 0 Å². The summed E-state index contributed by atoms with van der Waals surface area (Å²) in [6.45, 7) is 10.9. The van der Waals surface area contributed by atoms with Crippen LogP contribution in [0.2, 0.25) is 0 Å². The first-order chi connectivity index (χ1) is 9.52. The lowest BCUT2D eigenvalue weighted by atomic mass is 10.1. The van der Waals surface area contributed by atoms with Crippen molar-refractivity contribution < 1.29 is 14.7 Å². The topological polar surface area (TPSA) is 66.4 Å². The second-order valence-corrected chi connectivity index (χ2v) is 3.38. The summed E-state index contributed by atoms with van der Waals surface area (Å²) in [5, 5.41) is 11.3. The highest BCUT2D eigenvalue weighted by molar-refractivity contribution is 6.08. The van der Waals surface area contributed by atoms with E-state index in [0.29, 0.717) is 5.69 Å². The second kappa shape index (κ2) is 12.0. The molecule has 1 rings (SSSR count). The van der Waals surface area contributed by atoms with Crippen molar-refractivity contribution in [3.63, 3.8) is 0 Å². The lowest BCUT2D eigenvalue weighted by Crippen LogP contribution is -2.16. The van der Waals surface area contributed by atoms with Crippen LogP contribution >= 0.6 is 0 Å². The van der Waals surface area contributed by atoms with Gasteiger partial charge in [-0.15, -0.1) is 0 Å². The van der Waals surface area contributed by atoms with Gasteiger partial charge in [0.25, 0.3) is 5.91 Å². The zero-order chi connectivity index (χ0) is 16.1. The molecule has 0 aliphatic heterocycles. The molecule has 0 aromatic heterocycles. The first kappa shape index (κ1) is 20.2. The molecule has 1 aromatic carbocycles. The minimum Gasteiger partial charge on any atom is -0.478 e. The van der Waals surface area contributed by atoms with E-state index in [1.807, 2.05) is 33.8 Å². The summed E-state index contributed by atoms with van der Waals surface area (Å²) < 4.78 is 0. The lowest BCUT2D eigenvalue weighted by Gasteiger charge is -2.06. The number of hydrogen-bond acceptors (Lipinski definition) is 2. The molecule has 0 atom stereocenters. The monoisotopic (exact) mass is 279 g/mol. The number of carbonyl (C=O) groups excluding carboxylic acids is 1. The highest BCUT2D eigenvalue weighted by Gasteiger charge is 2.12. The molecular formula is C16H25NO3. The minimum atomic E-state index is -1.08. The molecule has 20 heavy (non-hydrogen) atoms. The molecule has 0 bridgehead atoms. The van der Waals surface area contributed by atoms with Crippen LogP contribution < -0.4 is 5.32 Å². The van der Waals surface area contributed by atoms with Crippen molar-refractivity contribution in [2.75, 3.05) is 5.32 Å². The van der Waals surface area contributed by atoms with Crippen LogP contribution in [-0.2, 0) is 9.59 Å². The van der Waals surface area contributed by atoms with Gasteiger partial charge in [0, 0.05) is 16.8 Å². The number of carboxylic acids is 1. The molecule has 112 valence electrons. The van der Waals surface area contributed by atoms with Crippen LogP contribution in [0.1, 0.15) is 41.5 Å². The summed E-state index contributed by atoms with van der Waals surface area (Å²) >= 11 is 0. The predicted molar refractivity (Wildman–Crippen MR) is 83.8 cm³/mol. The highest BCUT2D eigenvalue weighted by atomic mass is 16.4. The molecule has 4 nitrogen and oxygen atoms in total. The standard InChI is InChI=1S/C12H13NO3.2C2H6/c1-8(9(2)12(15)16)11(14)13-10-6-4-3-5-7-10;2*1-2/h3-7H,1-2H3,(H,13,14)(H,15,16);2*1-2H3/b9-8-;;. The van der Waals surface area contributed by atoms with Crippen molar-refractivity contribution in [1.82, 2.24) is 0 Å². The summed E-state index contributed by atoms with van der Waals surface area (Å²) in [7, 11) is 0. The molecule has 0 aliphatic rings. The fourth-order valence-electron chi connectivity index (χ4n) is 1.08. The van der Waals surface area contributed by atoms with Gasteiger partial charge in [-0.1, -0.05) is 45.9 Å². The molecule has 4 heteroatoms. The van der Waals surface area contributed by atoms with E-state index in [1.54, 1.807) is 24.3 Å². The molecule has 2 N–H and O–H groups in total. The molecule has 1 amide bonds. The quantitative estimate of drug-likeness (QED) is 0.819. The van der Waals surface area contributed by atoms with E-state index in [0.717, 1.165) is 0 Å². The maximum atomic E-state index is 11.6. The average Bonchev–Trinajstić information content (AvgIpc) is 2.50. The molecule has 0 heterocycles. The number of rotatable bonds is 3. The number of carboxylic acid groups (broad SMARTS) is 1. The van der Waals surface area contributed by atoms with Crippen molar-refractivity contribution in [2.45, 2.75) is 41.5 Å². The van der Waals surface area contributed by atoms with Crippen LogP contribution in [0.4, 0.5) is 5.69 Å². The third-order valence-electron chi connectivity index (χ3n) is 2.26. The van der Waals surface area contributed by atoms with Gasteiger partial charge in [0.15, 0.2) is 0 Å². The molecule has 0 saturated carbocycles. The first-order valence-corrected chi connectivity index (χ1v) is 6.79. The van der Waals surface area contributed by atoms with E-state index in [1.165, 1.54) is 13.8 Å². The summed E-state index contributed by atoms with van der Waals surface area (Å²) in [5.74, 6) is -1.48. The van der Waals surface area contributed by atoms with Gasteiger partial charge in [0.1, 0.15) is 0 Å². The zero-order valence-corrected chi connectivity index (χ0v) is 13.2. The summed E-state index contributed by atoms with van der Waals surface area (Å²) in [4.78, 5) is 22.3. The summed E-state index contributed by atoms with van der Waals surface area (Å²) in [5.41, 5.74) is 0.898. The Balaban J connectivity index is 0. The van der Waals surface area contributed by atoms with Crippen LogP contribution in [0.5, 0.6) is 0 Å². The summed E-state index contributed by atoms with van der Waals surface area (Å²) in [6, 6.07) is 8.89. The van der Waals surface area contributed by atoms with Crippen molar-refractivity contribution in [3.8, 4) is 0 Å². The van der Waals surface area contributed by atoms with Crippen molar-refractivity contribution in [2.24, 2.45) is 0 Å². The van der Waals surface area contributed by atoms with E-state index in [-0.39, 0.29) is 11.1 Å². The second-order valence-electron chi connectivity index (χ2n) is 3.38. The van der Waals surface area contributed by atoms with E-state index < -0.39 is 11.9 Å². The number of amides is 1. The van der Waals surface area contributed by atoms with Crippen LogP contribution in [0.25, 0.3) is 0 Å². The third-order valence-corrected chi connectivity index (χ3v) is 2.26. The van der Waals surface area contributed by atoms with Gasteiger partial charge < -0.3 is 10.4 Å². The fourth-order valence-corrected chi connectivity index (χ4v) is 1.08. The Labute approximate surface area is 121 Å². The molecule has 1 aromatic rings. The van der Waals surface area contributed by atoms with Gasteiger partial charge >= 0.3 is 5.97 Å². The van der Waals surface area contributed by atoms with Gasteiger partial charge in [-0.2, -0.15) is 0 Å². The Morgan fingerprint density at radius 1 is 0.900 bits per heavy atom.